The average molecular weight is 153 g/mol. The molecule has 1 aliphatic rings. The number of nitrogens with zero attached hydrogens (tertiary/aromatic N) is 1. The number of rotatable bonds is 2. The van der Waals surface area contributed by atoms with Crippen LogP contribution in [0.25, 0.3) is 0 Å². The van der Waals surface area contributed by atoms with Crippen LogP contribution in [0, 0.1) is 0 Å². The van der Waals surface area contributed by atoms with Crippen LogP contribution < -0.4 is 0 Å². The summed E-state index contributed by atoms with van der Waals surface area (Å²) in [6.07, 6.45) is 3.85. The third-order valence-electron chi connectivity index (χ3n) is 1.40. The van der Waals surface area contributed by atoms with E-state index >= 15 is 0 Å². The maximum atomic E-state index is 5.56. The largest absolute Gasteiger partial charge is 0.371 e. The van der Waals surface area contributed by atoms with Gasteiger partial charge >= 0.3 is 0 Å². The van der Waals surface area contributed by atoms with Crippen LogP contribution in [-0.2, 0) is 4.74 Å². The summed E-state index contributed by atoms with van der Waals surface area (Å²) in [7, 11) is 0. The van der Waals surface area contributed by atoms with Crippen LogP contribution in [0.15, 0.2) is 16.6 Å². The lowest BCUT2D eigenvalue weighted by molar-refractivity contribution is 0.0110. The van der Waals surface area contributed by atoms with Crippen molar-refractivity contribution in [2.24, 2.45) is 4.99 Å². The van der Waals surface area contributed by atoms with Crippen molar-refractivity contribution >= 4 is 6.21 Å². The molecule has 0 fully saturated rings. The van der Waals surface area contributed by atoms with Crippen molar-refractivity contribution < 1.29 is 4.74 Å². The van der Waals surface area contributed by atoms with Crippen molar-refractivity contribution in [3.8, 4) is 0 Å². The van der Waals surface area contributed by atoms with Gasteiger partial charge in [0.2, 0.25) is 0 Å². The normalized spacial score (nSPS) is 17.2. The van der Waals surface area contributed by atoms with E-state index in [1.54, 1.807) is 0 Å². The van der Waals surface area contributed by atoms with E-state index < -0.39 is 0 Å². The molecule has 0 aromatic carbocycles. The second-order valence-electron chi connectivity index (χ2n) is 3.72. The summed E-state index contributed by atoms with van der Waals surface area (Å²) in [5, 5.41) is 0. The van der Waals surface area contributed by atoms with Gasteiger partial charge in [0.05, 0.1) is 18.8 Å². The zero-order valence-corrected chi connectivity index (χ0v) is 7.42. The van der Waals surface area contributed by atoms with Crippen molar-refractivity contribution in [2.75, 3.05) is 13.2 Å². The molecule has 0 aliphatic carbocycles. The second-order valence-corrected chi connectivity index (χ2v) is 3.72. The molecule has 2 nitrogen and oxygen atoms in total. The summed E-state index contributed by atoms with van der Waals surface area (Å²) in [6, 6.07) is 0. The monoisotopic (exact) mass is 153 g/mol. The Morgan fingerprint density at radius 3 is 2.73 bits per heavy atom. The minimum Gasteiger partial charge on any atom is -0.371 e. The Kier molecular flexibility index (Phi) is 2.45. The van der Waals surface area contributed by atoms with E-state index in [2.05, 4.69) is 25.8 Å². The maximum absolute atomic E-state index is 5.56. The lowest BCUT2D eigenvalue weighted by atomic mass is 10.2. The fourth-order valence-corrected chi connectivity index (χ4v) is 0.784. The summed E-state index contributed by atoms with van der Waals surface area (Å²) in [6.45, 7) is 7.70. The Balaban J connectivity index is 2.23. The first-order valence-corrected chi connectivity index (χ1v) is 3.90. The third-order valence-corrected chi connectivity index (χ3v) is 1.40. The Morgan fingerprint density at radius 1 is 1.55 bits per heavy atom. The molecule has 0 atom stereocenters. The van der Waals surface area contributed by atoms with Crippen LogP contribution in [0.1, 0.15) is 20.8 Å². The zero-order valence-electron chi connectivity index (χ0n) is 7.42. The molecular formula is C9H15NO. The van der Waals surface area contributed by atoms with Crippen molar-refractivity contribution in [3.63, 3.8) is 0 Å². The van der Waals surface area contributed by atoms with Crippen LogP contribution in [0.3, 0.4) is 0 Å². The van der Waals surface area contributed by atoms with Crippen molar-refractivity contribution in [1.82, 2.24) is 0 Å². The number of ether oxygens (including phenoxy) is 1. The van der Waals surface area contributed by atoms with Gasteiger partial charge in [-0.3, -0.25) is 4.99 Å². The Morgan fingerprint density at radius 2 is 2.27 bits per heavy atom. The molecule has 0 saturated heterocycles. The van der Waals surface area contributed by atoms with Crippen molar-refractivity contribution in [3.05, 3.63) is 11.6 Å². The van der Waals surface area contributed by atoms with Crippen LogP contribution in [0.5, 0.6) is 0 Å². The molecule has 0 radical (unpaired) electrons. The highest BCUT2D eigenvalue weighted by atomic mass is 16.5. The van der Waals surface area contributed by atoms with Crippen LogP contribution in [-0.4, -0.2) is 25.0 Å². The van der Waals surface area contributed by atoms with Gasteiger partial charge in [-0.2, -0.15) is 0 Å². The molecule has 0 aromatic heterocycles. The highest BCUT2D eigenvalue weighted by Gasteiger charge is 2.11. The fraction of sp³-hybridized carbons (Fsp3) is 0.667. The van der Waals surface area contributed by atoms with Gasteiger partial charge in [0, 0.05) is 6.21 Å². The van der Waals surface area contributed by atoms with E-state index in [1.807, 2.05) is 12.3 Å². The zero-order chi connectivity index (χ0) is 8.32. The number of aliphatic imine (C=N–C) groups is 1. The Bertz CT molecular complexity index is 186. The highest BCUT2D eigenvalue weighted by Crippen LogP contribution is 2.10. The minimum atomic E-state index is -0.0383. The first-order valence-electron chi connectivity index (χ1n) is 3.90. The van der Waals surface area contributed by atoms with Crippen LogP contribution in [0.4, 0.5) is 0 Å². The molecule has 1 aliphatic heterocycles. The molecule has 0 bridgehead atoms. The number of hydrogen-bond acceptors (Lipinski definition) is 2. The second kappa shape index (κ2) is 3.18. The molecule has 62 valence electrons. The first kappa shape index (κ1) is 8.47. The SMILES string of the molecule is CC(C)(C)OCC1=CC=NC1. The predicted molar refractivity (Wildman–Crippen MR) is 47.1 cm³/mol. The van der Waals surface area contributed by atoms with Gasteiger partial charge in [-0.25, -0.2) is 0 Å². The lowest BCUT2D eigenvalue weighted by Gasteiger charge is -2.19. The van der Waals surface area contributed by atoms with E-state index in [9.17, 15) is 0 Å². The van der Waals surface area contributed by atoms with Gasteiger partial charge in [0.25, 0.3) is 0 Å². The van der Waals surface area contributed by atoms with Gasteiger partial charge in [0.1, 0.15) is 0 Å². The van der Waals surface area contributed by atoms with E-state index in [4.69, 9.17) is 4.74 Å². The van der Waals surface area contributed by atoms with E-state index in [0.717, 1.165) is 6.54 Å². The summed E-state index contributed by atoms with van der Waals surface area (Å²) in [5.74, 6) is 0. The minimum absolute atomic E-state index is 0.0383. The van der Waals surface area contributed by atoms with Crippen molar-refractivity contribution in [2.45, 2.75) is 26.4 Å². The number of hydrogen-bond donors (Lipinski definition) is 0. The van der Waals surface area contributed by atoms with E-state index in [1.165, 1.54) is 5.57 Å². The molecule has 2 heteroatoms. The standard InChI is InChI=1S/C9H15NO/c1-9(2,3)11-7-8-4-5-10-6-8/h4-5H,6-7H2,1-3H3. The average Bonchev–Trinajstić information content (AvgIpc) is 2.32. The summed E-state index contributed by atoms with van der Waals surface area (Å²) >= 11 is 0. The maximum Gasteiger partial charge on any atom is 0.0705 e. The van der Waals surface area contributed by atoms with Crippen molar-refractivity contribution in [1.29, 1.82) is 0 Å². The molecule has 0 N–H and O–H groups in total. The Hall–Kier alpha value is -0.630. The summed E-state index contributed by atoms with van der Waals surface area (Å²) < 4.78 is 5.56. The molecule has 1 heterocycles. The molecule has 0 unspecified atom stereocenters. The topological polar surface area (TPSA) is 21.6 Å². The molecular weight excluding hydrogens is 138 g/mol. The smallest absolute Gasteiger partial charge is 0.0705 e. The van der Waals surface area contributed by atoms with E-state index in [0.29, 0.717) is 6.61 Å². The van der Waals surface area contributed by atoms with Crippen LogP contribution in [0.2, 0.25) is 0 Å². The lowest BCUT2D eigenvalue weighted by Crippen LogP contribution is -2.20. The van der Waals surface area contributed by atoms with Gasteiger partial charge in [-0.05, 0) is 32.4 Å². The molecule has 1 rings (SSSR count). The van der Waals surface area contributed by atoms with E-state index in [-0.39, 0.29) is 5.60 Å². The Labute approximate surface area is 68.0 Å². The van der Waals surface area contributed by atoms with Gasteiger partial charge in [0.15, 0.2) is 0 Å². The molecule has 0 amide bonds. The van der Waals surface area contributed by atoms with Gasteiger partial charge in [-0.1, -0.05) is 0 Å². The summed E-state index contributed by atoms with van der Waals surface area (Å²) in [5.41, 5.74) is 1.23. The molecule has 11 heavy (non-hydrogen) atoms. The predicted octanol–water partition coefficient (Wildman–Crippen LogP) is 1.81. The number of allylic oxidation sites excluding steroid dienone is 1. The fourth-order valence-electron chi connectivity index (χ4n) is 0.784. The summed E-state index contributed by atoms with van der Waals surface area (Å²) in [4.78, 5) is 4.07. The molecule has 0 saturated carbocycles. The van der Waals surface area contributed by atoms with Gasteiger partial charge < -0.3 is 4.74 Å². The highest BCUT2D eigenvalue weighted by molar-refractivity contribution is 5.75. The molecule has 0 spiro atoms. The quantitative estimate of drug-likeness (QED) is 0.593. The molecule has 0 aromatic rings. The third kappa shape index (κ3) is 3.33. The van der Waals surface area contributed by atoms with Gasteiger partial charge in [-0.15, -0.1) is 0 Å². The first-order chi connectivity index (χ1) is 5.08. The van der Waals surface area contributed by atoms with Crippen LogP contribution >= 0.6 is 0 Å².